The summed E-state index contributed by atoms with van der Waals surface area (Å²) in [4.78, 5) is 8.00. The van der Waals surface area contributed by atoms with Gasteiger partial charge in [-0.1, -0.05) is 138 Å². The Bertz CT molecular complexity index is 361. The molecule has 1 aliphatic rings. The van der Waals surface area contributed by atoms with Crippen LogP contribution in [-0.4, -0.2) is 17.9 Å². The zero-order chi connectivity index (χ0) is 28.3. The van der Waals surface area contributed by atoms with Crippen molar-refractivity contribution in [2.45, 2.75) is 172 Å². The monoisotopic (exact) mass is 500 g/mol. The van der Waals surface area contributed by atoms with Gasteiger partial charge in [0.1, 0.15) is 6.79 Å². The maximum Gasteiger partial charge on any atom is 0.106 e. The minimum absolute atomic E-state index is 0.439. The molecule has 3 nitrogen and oxygen atoms in total. The van der Waals surface area contributed by atoms with E-state index in [1.807, 2.05) is 20.6 Å². The molecular weight excluding hydrogens is 430 g/mol. The summed E-state index contributed by atoms with van der Waals surface area (Å²) in [5.74, 6) is 0.439. The van der Waals surface area contributed by atoms with Crippen molar-refractivity contribution in [2.24, 2.45) is 5.92 Å². The van der Waals surface area contributed by atoms with Gasteiger partial charge in [0.25, 0.3) is 0 Å². The Kier molecular flexibility index (Phi) is 53.6. The predicted molar refractivity (Wildman–Crippen MR) is 163 cm³/mol. The first-order valence-corrected chi connectivity index (χ1v) is 14.7. The Hall–Kier alpha value is -1.25. The highest BCUT2D eigenvalue weighted by molar-refractivity contribution is 5.11. The first-order chi connectivity index (χ1) is 16.7. The van der Waals surface area contributed by atoms with Crippen LogP contribution in [0, 0.1) is 5.92 Å². The summed E-state index contributed by atoms with van der Waals surface area (Å²) in [5.41, 5.74) is 2.15. The number of hydrogen-bond donors (Lipinski definition) is 2. The van der Waals surface area contributed by atoms with Gasteiger partial charge in [-0.2, -0.15) is 0 Å². The average molecular weight is 500 g/mol. The molecule has 3 heteroatoms. The van der Waals surface area contributed by atoms with Crippen LogP contribution in [0.4, 0.5) is 0 Å². The molecule has 2 N–H and O–H groups in total. The molecule has 2 unspecified atom stereocenters. The molecule has 0 bridgehead atoms. The van der Waals surface area contributed by atoms with Crippen LogP contribution in [0.3, 0.4) is 0 Å². The minimum atomic E-state index is 0.439. The Morgan fingerprint density at radius 3 is 1.29 bits per heavy atom. The van der Waals surface area contributed by atoms with Crippen LogP contribution in [0.1, 0.15) is 166 Å². The molecule has 0 aliphatic heterocycles. The highest BCUT2D eigenvalue weighted by Crippen LogP contribution is 2.16. The Labute approximate surface area is 223 Å². The Morgan fingerprint density at radius 2 is 1.09 bits per heavy atom. The number of carbonyl (C=O) groups excluding carboxylic acids is 1. The van der Waals surface area contributed by atoms with Crippen molar-refractivity contribution in [1.82, 2.24) is 5.32 Å². The van der Waals surface area contributed by atoms with Crippen molar-refractivity contribution in [3.05, 3.63) is 24.1 Å². The summed E-state index contributed by atoms with van der Waals surface area (Å²) in [6.07, 6.45) is 21.7. The van der Waals surface area contributed by atoms with Crippen LogP contribution in [0.15, 0.2) is 24.1 Å². The van der Waals surface area contributed by atoms with Crippen LogP contribution in [0.25, 0.3) is 0 Å². The number of carbonyl (C=O) groups is 1. The zero-order valence-electron chi connectivity index (χ0n) is 26.1. The lowest BCUT2D eigenvalue weighted by atomic mass is 10.0. The topological polar surface area (TPSA) is 49.3 Å². The first-order valence-electron chi connectivity index (χ1n) is 14.7. The van der Waals surface area contributed by atoms with Gasteiger partial charge in [-0.05, 0) is 39.5 Å². The van der Waals surface area contributed by atoms with E-state index in [9.17, 15) is 0 Å². The summed E-state index contributed by atoms with van der Waals surface area (Å²) in [7, 11) is 0. The van der Waals surface area contributed by atoms with Crippen molar-refractivity contribution in [1.29, 1.82) is 0 Å². The van der Waals surface area contributed by atoms with Crippen molar-refractivity contribution in [2.75, 3.05) is 0 Å². The third-order valence-electron chi connectivity index (χ3n) is 5.44. The van der Waals surface area contributed by atoms with Gasteiger partial charge in [-0.3, -0.25) is 0 Å². The van der Waals surface area contributed by atoms with Crippen LogP contribution < -0.4 is 5.32 Å². The number of unbranched alkanes of at least 4 members (excludes halogenated alkanes) is 3. The average Bonchev–Trinajstić information content (AvgIpc) is 3.20. The molecule has 0 amide bonds. The normalized spacial score (nSPS) is 13.9. The molecule has 0 aromatic carbocycles. The molecule has 214 valence electrons. The molecule has 1 saturated carbocycles. The molecule has 0 saturated heterocycles. The second-order valence-corrected chi connectivity index (χ2v) is 9.76. The highest BCUT2D eigenvalue weighted by atomic mass is 16.2. The van der Waals surface area contributed by atoms with Gasteiger partial charge in [0.15, 0.2) is 0 Å². The Morgan fingerprint density at radius 1 is 0.771 bits per heavy atom. The molecule has 0 spiro atoms. The lowest BCUT2D eigenvalue weighted by Gasteiger charge is -2.20. The third kappa shape index (κ3) is 54.9. The minimum Gasteiger partial charge on any atom is -0.514 e. The van der Waals surface area contributed by atoms with Crippen molar-refractivity contribution < 1.29 is 9.90 Å². The molecule has 0 heterocycles. The largest absolute Gasteiger partial charge is 0.514 e. The SMILES string of the molecule is C1CCCCCC1.C=C(C)C.C=O.CCCC.CCCC.CCCCC(C)/C(=C/O)NC(C)CC. The molecule has 1 fully saturated rings. The Balaban J connectivity index is -0.000000119. The van der Waals surface area contributed by atoms with E-state index in [0.29, 0.717) is 12.0 Å². The fourth-order valence-electron chi connectivity index (χ4n) is 2.60. The molecule has 0 aromatic rings. The van der Waals surface area contributed by atoms with E-state index in [2.05, 4.69) is 67.3 Å². The van der Waals surface area contributed by atoms with Gasteiger partial charge < -0.3 is 15.2 Å². The second kappa shape index (κ2) is 42.9. The number of nitrogens with one attached hydrogen (secondary N) is 1. The fraction of sp³-hybridized carbons (Fsp3) is 0.844. The summed E-state index contributed by atoms with van der Waals surface area (Å²) in [6, 6.07) is 0.442. The summed E-state index contributed by atoms with van der Waals surface area (Å²) in [6.45, 7) is 26.9. The van der Waals surface area contributed by atoms with E-state index < -0.39 is 0 Å². The standard InChI is InChI=1S/C12H25NO.C7H14.C4H8.2C4H10.CH2O/c1-5-7-8-10(3)12(9-14)13-11(4)6-2;1-2-4-6-7-5-3-1;1-4(2)3;2*1-3-4-2;1-2/h9-11,13-14H,5-8H2,1-4H3;1-7H2;1H2,2-3H3;2*3-4H2,1-2H3;1H2/b12-9-;;;;;. The van der Waals surface area contributed by atoms with E-state index in [0.717, 1.165) is 18.5 Å². The molecule has 1 aliphatic carbocycles. The van der Waals surface area contributed by atoms with Gasteiger partial charge in [0, 0.05) is 11.7 Å². The van der Waals surface area contributed by atoms with Crippen LogP contribution in [-0.2, 0) is 4.79 Å². The van der Waals surface area contributed by atoms with Crippen LogP contribution >= 0.6 is 0 Å². The lowest BCUT2D eigenvalue weighted by molar-refractivity contribution is -0.0980. The van der Waals surface area contributed by atoms with E-state index in [-0.39, 0.29) is 0 Å². The molecule has 0 aromatic heterocycles. The summed E-state index contributed by atoms with van der Waals surface area (Å²) >= 11 is 0. The molecule has 1 rings (SSSR count). The zero-order valence-corrected chi connectivity index (χ0v) is 26.1. The summed E-state index contributed by atoms with van der Waals surface area (Å²) < 4.78 is 0. The number of aliphatic hydroxyl groups excluding tert-OH is 1. The number of aliphatic hydroxyl groups is 1. The van der Waals surface area contributed by atoms with Gasteiger partial charge in [0.05, 0.1) is 6.26 Å². The van der Waals surface area contributed by atoms with Gasteiger partial charge in [0.2, 0.25) is 0 Å². The van der Waals surface area contributed by atoms with Crippen LogP contribution in [0.5, 0.6) is 0 Å². The second-order valence-electron chi connectivity index (χ2n) is 9.76. The smallest absolute Gasteiger partial charge is 0.106 e. The molecule has 0 radical (unpaired) electrons. The molecular formula is C32H69NO2. The number of hydrogen-bond acceptors (Lipinski definition) is 3. The number of allylic oxidation sites excluding steroid dienone is 2. The van der Waals surface area contributed by atoms with Gasteiger partial charge in [-0.15, -0.1) is 6.58 Å². The van der Waals surface area contributed by atoms with Crippen molar-refractivity contribution in [3.8, 4) is 0 Å². The maximum absolute atomic E-state index is 9.12. The van der Waals surface area contributed by atoms with Gasteiger partial charge >= 0.3 is 0 Å². The fourth-order valence-corrected chi connectivity index (χ4v) is 2.60. The molecule has 35 heavy (non-hydrogen) atoms. The summed E-state index contributed by atoms with van der Waals surface area (Å²) in [5, 5.41) is 12.5. The van der Waals surface area contributed by atoms with Crippen molar-refractivity contribution in [3.63, 3.8) is 0 Å². The maximum atomic E-state index is 9.12. The molecule has 2 atom stereocenters. The van der Waals surface area contributed by atoms with E-state index in [1.165, 1.54) is 95.3 Å². The van der Waals surface area contributed by atoms with Crippen LogP contribution in [0.2, 0.25) is 0 Å². The lowest BCUT2D eigenvalue weighted by Crippen LogP contribution is -2.27. The van der Waals surface area contributed by atoms with E-state index >= 15 is 0 Å². The quantitative estimate of drug-likeness (QED) is 0.188. The van der Waals surface area contributed by atoms with E-state index in [4.69, 9.17) is 9.90 Å². The highest BCUT2D eigenvalue weighted by Gasteiger charge is 2.10. The predicted octanol–water partition coefficient (Wildman–Crippen LogP) is 11.3. The first kappa shape index (κ1) is 43.8. The third-order valence-corrected chi connectivity index (χ3v) is 5.44. The van der Waals surface area contributed by atoms with Gasteiger partial charge in [-0.25, -0.2) is 0 Å². The van der Waals surface area contributed by atoms with E-state index in [1.54, 1.807) is 0 Å². The number of rotatable bonds is 9. The van der Waals surface area contributed by atoms with Crippen molar-refractivity contribution >= 4 is 6.79 Å².